The Bertz CT molecular complexity index is 580. The summed E-state index contributed by atoms with van der Waals surface area (Å²) in [6.45, 7) is 6.97. The van der Waals surface area contributed by atoms with Gasteiger partial charge in [0, 0.05) is 11.6 Å². The van der Waals surface area contributed by atoms with Crippen LogP contribution in [-0.4, -0.2) is 27.2 Å². The van der Waals surface area contributed by atoms with Crippen LogP contribution in [0, 0.1) is 0 Å². The summed E-state index contributed by atoms with van der Waals surface area (Å²) in [4.78, 5) is 26.0. The fourth-order valence-electron chi connectivity index (χ4n) is 2.22. The fourth-order valence-corrected chi connectivity index (χ4v) is 3.47. The Labute approximate surface area is 115 Å². The minimum Gasteiger partial charge on any atom is -0.308 e. The number of amides is 1. The van der Waals surface area contributed by atoms with Crippen molar-refractivity contribution in [3.8, 4) is 0 Å². The molecule has 2 unspecified atom stereocenters. The first-order chi connectivity index (χ1) is 8.84. The van der Waals surface area contributed by atoms with Crippen LogP contribution in [0.1, 0.15) is 38.1 Å². The predicted molar refractivity (Wildman–Crippen MR) is 74.9 cm³/mol. The molecule has 1 aromatic carbocycles. The molecule has 0 aromatic heterocycles. The smallest absolute Gasteiger partial charge is 0.243 e. The maximum atomic E-state index is 12.3. The molecule has 0 saturated carbocycles. The minimum absolute atomic E-state index is 0.0341. The van der Waals surface area contributed by atoms with E-state index < -0.39 is 16.0 Å². The molecular weight excluding hydrogens is 262 g/mol. The maximum absolute atomic E-state index is 12.3. The quantitative estimate of drug-likeness (QED) is 0.779. The van der Waals surface area contributed by atoms with Gasteiger partial charge in [-0.1, -0.05) is 6.07 Å². The summed E-state index contributed by atoms with van der Waals surface area (Å²) in [5.41, 5.74) is 1.13. The topological polar surface area (TPSA) is 54.5 Å². The number of hydrogen-bond donors (Lipinski definition) is 0. The lowest BCUT2D eigenvalue weighted by atomic mass is 10.1. The van der Waals surface area contributed by atoms with E-state index in [0.29, 0.717) is 16.1 Å². The summed E-state index contributed by atoms with van der Waals surface area (Å²) in [6.07, 6.45) is 0. The SMILES string of the molecule is CC(=O)c1ccc2c(c1)N(C(C)C)C(=O)C(C)S2=O. The van der Waals surface area contributed by atoms with Crippen molar-refractivity contribution in [1.29, 1.82) is 0 Å². The van der Waals surface area contributed by atoms with E-state index in [-0.39, 0.29) is 17.7 Å². The van der Waals surface area contributed by atoms with Gasteiger partial charge in [-0.3, -0.25) is 13.8 Å². The van der Waals surface area contributed by atoms with Gasteiger partial charge in [-0.05, 0) is 39.8 Å². The highest BCUT2D eigenvalue weighted by Gasteiger charge is 2.37. The number of nitrogens with zero attached hydrogens (tertiary/aromatic N) is 1. The molecule has 2 rings (SSSR count). The van der Waals surface area contributed by atoms with Crippen LogP contribution in [-0.2, 0) is 15.6 Å². The van der Waals surface area contributed by atoms with Crippen LogP contribution in [0.25, 0.3) is 0 Å². The molecule has 0 N–H and O–H groups in total. The van der Waals surface area contributed by atoms with Gasteiger partial charge < -0.3 is 4.90 Å². The number of carbonyl (C=O) groups excluding carboxylic acids is 2. The second kappa shape index (κ2) is 4.89. The van der Waals surface area contributed by atoms with Gasteiger partial charge in [0.05, 0.1) is 21.4 Å². The third-order valence-corrected chi connectivity index (χ3v) is 4.89. The van der Waals surface area contributed by atoms with Gasteiger partial charge in [0.2, 0.25) is 5.91 Å². The normalized spacial score (nSPS) is 22.6. The fraction of sp³-hybridized carbons (Fsp3) is 0.429. The van der Waals surface area contributed by atoms with Crippen molar-refractivity contribution in [2.45, 2.75) is 43.9 Å². The van der Waals surface area contributed by atoms with Crippen molar-refractivity contribution in [2.75, 3.05) is 4.90 Å². The third kappa shape index (κ3) is 2.23. The zero-order chi connectivity index (χ0) is 14.3. The number of carbonyl (C=O) groups is 2. The first-order valence-corrected chi connectivity index (χ1v) is 7.44. The van der Waals surface area contributed by atoms with Crippen LogP contribution in [0.2, 0.25) is 0 Å². The first-order valence-electron chi connectivity index (χ1n) is 6.23. The van der Waals surface area contributed by atoms with Crippen molar-refractivity contribution in [3.05, 3.63) is 23.8 Å². The summed E-state index contributed by atoms with van der Waals surface area (Å²) in [5.74, 6) is -0.218. The van der Waals surface area contributed by atoms with E-state index in [2.05, 4.69) is 0 Å². The number of Topliss-reactive ketones (excluding diaryl/α,β-unsaturated/α-hetero) is 1. The van der Waals surface area contributed by atoms with Gasteiger partial charge in [-0.15, -0.1) is 0 Å². The van der Waals surface area contributed by atoms with Crippen molar-refractivity contribution in [2.24, 2.45) is 0 Å². The molecule has 1 aliphatic rings. The van der Waals surface area contributed by atoms with Gasteiger partial charge in [-0.25, -0.2) is 0 Å². The molecule has 0 saturated heterocycles. The van der Waals surface area contributed by atoms with E-state index in [4.69, 9.17) is 0 Å². The average molecular weight is 279 g/mol. The molecule has 1 aliphatic heterocycles. The molecule has 0 bridgehead atoms. The monoisotopic (exact) mass is 279 g/mol. The number of rotatable bonds is 2. The Hall–Kier alpha value is -1.49. The van der Waals surface area contributed by atoms with Crippen molar-refractivity contribution in [1.82, 2.24) is 0 Å². The Kier molecular flexibility index (Phi) is 3.58. The van der Waals surface area contributed by atoms with E-state index >= 15 is 0 Å². The number of benzene rings is 1. The molecule has 2 atom stereocenters. The predicted octanol–water partition coefficient (Wildman–Crippen LogP) is 2.14. The highest BCUT2D eigenvalue weighted by atomic mass is 32.2. The third-order valence-electron chi connectivity index (χ3n) is 3.26. The number of hydrogen-bond acceptors (Lipinski definition) is 3. The number of anilines is 1. The highest BCUT2D eigenvalue weighted by molar-refractivity contribution is 7.86. The van der Waals surface area contributed by atoms with Gasteiger partial charge >= 0.3 is 0 Å². The summed E-state index contributed by atoms with van der Waals surface area (Å²) in [6, 6.07) is 4.99. The maximum Gasteiger partial charge on any atom is 0.243 e. The van der Waals surface area contributed by atoms with Crippen LogP contribution in [0.15, 0.2) is 23.1 Å². The molecular formula is C14H17NO3S. The Morgan fingerprint density at radius 3 is 2.53 bits per heavy atom. The molecule has 1 heterocycles. The van der Waals surface area contributed by atoms with Crippen LogP contribution in [0.4, 0.5) is 5.69 Å². The van der Waals surface area contributed by atoms with Crippen LogP contribution < -0.4 is 4.90 Å². The van der Waals surface area contributed by atoms with Crippen LogP contribution >= 0.6 is 0 Å². The standard InChI is InChI=1S/C14H17NO3S/c1-8(2)15-12-7-11(9(3)16)5-6-13(12)19(18)10(4)14(15)17/h5-8,10H,1-4H3. The Morgan fingerprint density at radius 2 is 2.00 bits per heavy atom. The molecule has 0 aliphatic carbocycles. The molecule has 0 radical (unpaired) electrons. The summed E-state index contributed by atoms with van der Waals surface area (Å²) in [7, 11) is -1.35. The zero-order valence-electron chi connectivity index (χ0n) is 11.5. The first kappa shape index (κ1) is 13.9. The Balaban J connectivity index is 2.66. The largest absolute Gasteiger partial charge is 0.308 e. The van der Waals surface area contributed by atoms with Crippen molar-refractivity contribution < 1.29 is 13.8 Å². The lowest BCUT2D eigenvalue weighted by molar-refractivity contribution is -0.118. The molecule has 0 spiro atoms. The van der Waals surface area contributed by atoms with Gasteiger partial charge in [0.15, 0.2) is 5.78 Å². The molecule has 1 aromatic rings. The van der Waals surface area contributed by atoms with Gasteiger partial charge in [0.25, 0.3) is 0 Å². The van der Waals surface area contributed by atoms with E-state index in [1.807, 2.05) is 13.8 Å². The van der Waals surface area contributed by atoms with E-state index in [0.717, 1.165) is 0 Å². The minimum atomic E-state index is -1.35. The second-order valence-corrected chi connectivity index (χ2v) is 6.72. The summed E-state index contributed by atoms with van der Waals surface area (Å²) in [5, 5.41) is -0.543. The van der Waals surface area contributed by atoms with Crippen molar-refractivity contribution in [3.63, 3.8) is 0 Å². The zero-order valence-corrected chi connectivity index (χ0v) is 12.3. The van der Waals surface area contributed by atoms with E-state index in [9.17, 15) is 13.8 Å². The van der Waals surface area contributed by atoms with Gasteiger partial charge in [-0.2, -0.15) is 0 Å². The molecule has 4 nitrogen and oxygen atoms in total. The summed E-state index contributed by atoms with van der Waals surface area (Å²) >= 11 is 0. The highest BCUT2D eigenvalue weighted by Crippen LogP contribution is 2.34. The molecule has 1 amide bonds. The number of fused-ring (bicyclic) bond motifs is 1. The lowest BCUT2D eigenvalue weighted by Gasteiger charge is -2.35. The number of ketones is 1. The van der Waals surface area contributed by atoms with Crippen molar-refractivity contribution >= 4 is 28.2 Å². The van der Waals surface area contributed by atoms with E-state index in [1.165, 1.54) is 6.92 Å². The molecule has 102 valence electrons. The molecule has 19 heavy (non-hydrogen) atoms. The molecule has 5 heteroatoms. The summed E-state index contributed by atoms with van der Waals surface area (Å²) < 4.78 is 12.3. The van der Waals surface area contributed by atoms with Crippen LogP contribution in [0.3, 0.4) is 0 Å². The average Bonchev–Trinajstić information content (AvgIpc) is 2.35. The van der Waals surface area contributed by atoms with E-state index in [1.54, 1.807) is 30.0 Å². The van der Waals surface area contributed by atoms with Crippen LogP contribution in [0.5, 0.6) is 0 Å². The Morgan fingerprint density at radius 1 is 1.37 bits per heavy atom. The lowest BCUT2D eigenvalue weighted by Crippen LogP contribution is -2.47. The second-order valence-electron chi connectivity index (χ2n) is 4.98. The van der Waals surface area contributed by atoms with Gasteiger partial charge in [0.1, 0.15) is 5.25 Å². The molecule has 0 fully saturated rings.